The normalized spacial score (nSPS) is 15.5. The number of phenolic OH excluding ortho intramolecular Hbond substituents is 2. The maximum Gasteiger partial charge on any atom is 0.433 e. The molecule has 0 radical (unpaired) electrons. The van der Waals surface area contributed by atoms with E-state index >= 15 is 26.3 Å². The summed E-state index contributed by atoms with van der Waals surface area (Å²) in [6.07, 6.45) is -12.4. The van der Waals surface area contributed by atoms with E-state index in [2.05, 4.69) is 0 Å². The third-order valence-corrected chi connectivity index (χ3v) is 7.17. The molecule has 4 aromatic carbocycles. The molecule has 0 aliphatic heterocycles. The molecule has 0 aliphatic carbocycles. The first-order valence-corrected chi connectivity index (χ1v) is 12.8. The van der Waals surface area contributed by atoms with Gasteiger partial charge in [0.15, 0.2) is 0 Å². The van der Waals surface area contributed by atoms with E-state index in [9.17, 15) is 36.6 Å². The van der Waals surface area contributed by atoms with Crippen LogP contribution >= 0.6 is 0 Å². The van der Waals surface area contributed by atoms with Gasteiger partial charge in [0, 0.05) is 22.3 Å². The van der Waals surface area contributed by atoms with Crippen LogP contribution in [0.4, 0.5) is 64.1 Å². The van der Waals surface area contributed by atoms with Gasteiger partial charge in [0.1, 0.15) is 23.0 Å². The van der Waals surface area contributed by atoms with E-state index in [1.807, 2.05) is 0 Å². The summed E-state index contributed by atoms with van der Waals surface area (Å²) in [4.78, 5) is 0. The van der Waals surface area contributed by atoms with Crippen molar-refractivity contribution in [3.63, 3.8) is 0 Å². The van der Waals surface area contributed by atoms with Crippen molar-refractivity contribution in [3.8, 4) is 23.0 Å². The van der Waals surface area contributed by atoms with E-state index in [-0.39, 0.29) is 36.4 Å². The Bertz CT molecular complexity index is 1630. The first-order valence-electron chi connectivity index (χ1n) is 12.8. The van der Waals surface area contributed by atoms with Crippen molar-refractivity contribution < 1.29 is 67.6 Å². The molecule has 0 saturated carbocycles. The van der Waals surface area contributed by atoms with Crippen molar-refractivity contribution in [1.29, 1.82) is 0 Å². The Labute approximate surface area is 256 Å². The Balaban J connectivity index is 1.66. The van der Waals surface area contributed by atoms with Crippen LogP contribution in [0.15, 0.2) is 84.9 Å². The first-order chi connectivity index (χ1) is 21.5. The van der Waals surface area contributed by atoms with Crippen LogP contribution in [0.3, 0.4) is 0 Å². The van der Waals surface area contributed by atoms with E-state index in [1.54, 1.807) is 0 Å². The third-order valence-electron chi connectivity index (χ3n) is 7.17. The topological polar surface area (TPSA) is 102 Å². The van der Waals surface area contributed by atoms with Gasteiger partial charge in [-0.2, -0.15) is 43.9 Å². The average Bonchev–Trinajstić information content (AvgIpc) is 2.98. The molecule has 0 aromatic heterocycles. The number of aromatic hydroxyl groups is 2. The molecule has 0 fully saturated rings. The number of alkyl halides is 12. The summed E-state index contributed by atoms with van der Waals surface area (Å²) >= 11 is 0. The molecular weight excluding hydrogens is 664 g/mol. The van der Waals surface area contributed by atoms with Crippen LogP contribution in [0, 0.1) is 0 Å². The molecule has 0 heterocycles. The molecule has 252 valence electrons. The van der Waals surface area contributed by atoms with Crippen LogP contribution in [0.5, 0.6) is 23.0 Å². The quantitative estimate of drug-likeness (QED) is 0.0843. The third kappa shape index (κ3) is 5.67. The molecule has 0 spiro atoms. The zero-order valence-corrected chi connectivity index (χ0v) is 23.1. The van der Waals surface area contributed by atoms with Crippen LogP contribution in [0.2, 0.25) is 0 Å². The SMILES string of the molecule is Nc1cc(C(F)(F)C(F)(c2ccc(Oc3ccc(C(F)(C(F)(F)F)C(F)(F)c4ccc(O)c(N)c4)cc3)cc2)C(F)(F)F)ccc1O. The number of benzene rings is 4. The maximum atomic E-state index is 15.6. The van der Waals surface area contributed by atoms with Crippen LogP contribution in [0.25, 0.3) is 0 Å². The van der Waals surface area contributed by atoms with E-state index in [0.29, 0.717) is 48.5 Å². The second-order valence-electron chi connectivity index (χ2n) is 10.2. The minimum atomic E-state index is -6.22. The summed E-state index contributed by atoms with van der Waals surface area (Å²) in [5.41, 5.74) is -7.88. The molecule has 47 heavy (non-hydrogen) atoms. The van der Waals surface area contributed by atoms with Crippen molar-refractivity contribution in [1.82, 2.24) is 0 Å². The highest BCUT2D eigenvalue weighted by molar-refractivity contribution is 5.56. The molecule has 0 aliphatic rings. The summed E-state index contributed by atoms with van der Waals surface area (Å²) in [5.74, 6) is -13.0. The molecule has 0 saturated heterocycles. The number of ether oxygens (including phenoxy) is 1. The van der Waals surface area contributed by atoms with Gasteiger partial charge in [0.25, 0.3) is 11.3 Å². The van der Waals surface area contributed by atoms with Crippen LogP contribution < -0.4 is 16.2 Å². The van der Waals surface area contributed by atoms with Crippen LogP contribution in [-0.2, 0) is 23.2 Å². The molecule has 6 N–H and O–H groups in total. The standard InChI is InChI=1S/C30H20F12N2O3/c31-25(29(37,38)39,27(33,34)17-5-11-23(45)21(43)13-17)15-1-7-19(8-2-15)47-20-9-3-16(4-10-20)26(32,30(40,41)42)28(35,36)18-6-12-24(46)22(44)14-18/h1-14,45-46H,43-44H2. The zero-order valence-electron chi connectivity index (χ0n) is 23.1. The fourth-order valence-electron chi connectivity index (χ4n) is 4.58. The number of rotatable bonds is 8. The van der Waals surface area contributed by atoms with Crippen molar-refractivity contribution in [2.75, 3.05) is 11.5 Å². The molecule has 2 unspecified atom stereocenters. The zero-order chi connectivity index (χ0) is 35.4. The number of hydrogen-bond donors (Lipinski definition) is 4. The lowest BCUT2D eigenvalue weighted by Crippen LogP contribution is -2.51. The fourth-order valence-corrected chi connectivity index (χ4v) is 4.58. The van der Waals surface area contributed by atoms with Gasteiger partial charge < -0.3 is 26.4 Å². The summed E-state index contributed by atoms with van der Waals surface area (Å²) in [5, 5.41) is 18.8. The van der Waals surface area contributed by atoms with E-state index in [1.165, 1.54) is 0 Å². The summed E-state index contributed by atoms with van der Waals surface area (Å²) < 4.78 is 180. The fraction of sp³-hybridized carbons (Fsp3) is 0.200. The molecule has 0 amide bonds. The van der Waals surface area contributed by atoms with Gasteiger partial charge in [-0.15, -0.1) is 0 Å². The van der Waals surface area contributed by atoms with Crippen molar-refractivity contribution in [3.05, 3.63) is 107 Å². The summed E-state index contributed by atoms with van der Waals surface area (Å²) in [6.45, 7) is 0. The highest BCUT2D eigenvalue weighted by Gasteiger charge is 2.73. The van der Waals surface area contributed by atoms with E-state index in [4.69, 9.17) is 16.2 Å². The smallest absolute Gasteiger partial charge is 0.433 e. The average molecular weight is 684 g/mol. The molecule has 0 bridgehead atoms. The largest absolute Gasteiger partial charge is 0.506 e. The lowest BCUT2D eigenvalue weighted by atomic mass is 9.84. The highest BCUT2D eigenvalue weighted by Crippen LogP contribution is 2.59. The van der Waals surface area contributed by atoms with E-state index in [0.717, 1.165) is 0 Å². The Hall–Kier alpha value is -4.96. The van der Waals surface area contributed by atoms with Gasteiger partial charge >= 0.3 is 24.2 Å². The second-order valence-corrected chi connectivity index (χ2v) is 10.2. The number of nitrogen functional groups attached to an aromatic ring is 2. The molecule has 4 aromatic rings. The van der Waals surface area contributed by atoms with Crippen LogP contribution in [-0.4, -0.2) is 22.6 Å². The van der Waals surface area contributed by atoms with Crippen LogP contribution in [0.1, 0.15) is 22.3 Å². The number of phenols is 2. The van der Waals surface area contributed by atoms with Crippen molar-refractivity contribution in [2.45, 2.75) is 35.5 Å². The Kier molecular flexibility index (Phi) is 8.45. The van der Waals surface area contributed by atoms with Gasteiger partial charge in [-0.1, -0.05) is 24.3 Å². The minimum Gasteiger partial charge on any atom is -0.506 e. The number of hydrogen-bond acceptors (Lipinski definition) is 5. The molecule has 17 heteroatoms. The van der Waals surface area contributed by atoms with Gasteiger partial charge in [-0.25, -0.2) is 8.78 Å². The minimum absolute atomic E-state index is 0.261. The van der Waals surface area contributed by atoms with Gasteiger partial charge in [0.2, 0.25) is 0 Å². The second kappa shape index (κ2) is 11.4. The number of halogens is 12. The predicted molar refractivity (Wildman–Crippen MR) is 143 cm³/mol. The lowest BCUT2D eigenvalue weighted by Gasteiger charge is -2.36. The Morgan fingerprint density at radius 3 is 0.957 bits per heavy atom. The van der Waals surface area contributed by atoms with Gasteiger partial charge in [-0.3, -0.25) is 0 Å². The van der Waals surface area contributed by atoms with E-state index < -0.39 is 92.2 Å². The Morgan fingerprint density at radius 2 is 0.702 bits per heavy atom. The molecule has 4 rings (SSSR count). The molecule has 2 atom stereocenters. The maximum absolute atomic E-state index is 15.6. The highest BCUT2D eigenvalue weighted by atomic mass is 19.4. The predicted octanol–water partition coefficient (Wildman–Crippen LogP) is 9.09. The summed E-state index contributed by atoms with van der Waals surface area (Å²) in [7, 11) is 0. The lowest BCUT2D eigenvalue weighted by molar-refractivity contribution is -0.315. The van der Waals surface area contributed by atoms with Gasteiger partial charge in [-0.05, 0) is 60.7 Å². The summed E-state index contributed by atoms with van der Waals surface area (Å²) in [6, 6.07) is 5.84. The van der Waals surface area contributed by atoms with Crippen molar-refractivity contribution >= 4 is 11.4 Å². The monoisotopic (exact) mass is 684 g/mol. The number of nitrogens with two attached hydrogens (primary N) is 2. The van der Waals surface area contributed by atoms with Gasteiger partial charge in [0.05, 0.1) is 11.4 Å². The molecule has 5 nitrogen and oxygen atoms in total. The molecular formula is C30H20F12N2O3. The Morgan fingerprint density at radius 1 is 0.426 bits per heavy atom. The number of anilines is 2. The van der Waals surface area contributed by atoms with Crippen molar-refractivity contribution in [2.24, 2.45) is 0 Å². The first kappa shape index (κ1) is 34.9.